The summed E-state index contributed by atoms with van der Waals surface area (Å²) in [5.41, 5.74) is 1.60. The summed E-state index contributed by atoms with van der Waals surface area (Å²) in [6.45, 7) is 8.46. The number of nitrogens with one attached hydrogen (secondary N) is 1. The summed E-state index contributed by atoms with van der Waals surface area (Å²) < 4.78 is 17.1. The fourth-order valence-corrected chi connectivity index (χ4v) is 6.32. The Labute approximate surface area is 258 Å². The van der Waals surface area contributed by atoms with Crippen LogP contribution in [0.5, 0.6) is 11.5 Å². The van der Waals surface area contributed by atoms with E-state index < -0.39 is 29.7 Å². The maximum atomic E-state index is 13.5. The average molecular weight is 610 g/mol. The summed E-state index contributed by atoms with van der Waals surface area (Å²) in [4.78, 5) is 43.4. The fourth-order valence-electron chi connectivity index (χ4n) is 6.32. The van der Waals surface area contributed by atoms with Gasteiger partial charge in [-0.05, 0) is 94.8 Å². The highest BCUT2D eigenvalue weighted by molar-refractivity contribution is 6.00. The molecule has 0 saturated carbocycles. The van der Waals surface area contributed by atoms with Gasteiger partial charge in [0.15, 0.2) is 0 Å². The first kappa shape index (κ1) is 31.6. The number of carbonyl (C=O) groups excluding carboxylic acids is 3. The van der Waals surface area contributed by atoms with E-state index in [-0.39, 0.29) is 48.1 Å². The van der Waals surface area contributed by atoms with Crippen LogP contribution in [0.3, 0.4) is 0 Å². The summed E-state index contributed by atoms with van der Waals surface area (Å²) >= 11 is 0. The number of amides is 3. The molecule has 3 aliphatic rings. The number of aliphatic hydroxyl groups is 1. The molecule has 2 aromatic carbocycles. The Morgan fingerprint density at radius 2 is 1.80 bits per heavy atom. The number of benzene rings is 2. The molecule has 3 N–H and O–H groups in total. The van der Waals surface area contributed by atoms with Crippen LogP contribution in [0, 0.1) is 0 Å². The number of fused-ring (bicyclic) bond motifs is 3. The van der Waals surface area contributed by atoms with Gasteiger partial charge in [-0.15, -0.1) is 0 Å². The van der Waals surface area contributed by atoms with E-state index in [0.717, 1.165) is 30.4 Å². The number of carbonyl (C=O) groups is 3. The van der Waals surface area contributed by atoms with Crippen LogP contribution in [0.2, 0.25) is 0 Å². The molecule has 2 fully saturated rings. The molecule has 3 aliphatic heterocycles. The van der Waals surface area contributed by atoms with Crippen molar-refractivity contribution < 1.29 is 38.8 Å². The van der Waals surface area contributed by atoms with Crippen molar-refractivity contribution in [3.8, 4) is 11.5 Å². The maximum Gasteiger partial charge on any atom is 0.410 e. The Balaban J connectivity index is 1.30. The second kappa shape index (κ2) is 13.0. The molecule has 5 rings (SSSR count). The normalized spacial score (nSPS) is 22.1. The van der Waals surface area contributed by atoms with Crippen molar-refractivity contribution in [2.45, 2.75) is 89.8 Å². The molecule has 2 bridgehead atoms. The second-order valence-electron chi connectivity index (χ2n) is 12.7. The third-order valence-electron chi connectivity index (χ3n) is 8.39. The molecule has 0 aliphatic carbocycles. The van der Waals surface area contributed by atoms with Crippen LogP contribution in [0.1, 0.15) is 78.8 Å². The monoisotopic (exact) mass is 609 g/mol. The van der Waals surface area contributed by atoms with Gasteiger partial charge >= 0.3 is 6.09 Å². The maximum absolute atomic E-state index is 13.5. The molecular formula is C33H43N3O8. The van der Waals surface area contributed by atoms with Crippen molar-refractivity contribution in [2.75, 3.05) is 26.4 Å². The number of aromatic hydroxyl groups is 1. The molecule has 11 heteroatoms. The molecule has 238 valence electrons. The second-order valence-corrected chi connectivity index (χ2v) is 12.7. The van der Waals surface area contributed by atoms with Crippen LogP contribution in [0.15, 0.2) is 36.4 Å². The molecule has 3 amide bonds. The molecule has 4 atom stereocenters. The predicted molar refractivity (Wildman–Crippen MR) is 162 cm³/mol. The Hall–Kier alpha value is -3.83. The molecule has 0 radical (unpaired) electrons. The predicted octanol–water partition coefficient (Wildman–Crippen LogP) is 3.64. The number of hydrogen-bond acceptors (Lipinski definition) is 8. The van der Waals surface area contributed by atoms with Crippen LogP contribution in [-0.2, 0) is 22.4 Å². The number of nitrogens with zero attached hydrogens (tertiary/aromatic N) is 2. The molecule has 44 heavy (non-hydrogen) atoms. The summed E-state index contributed by atoms with van der Waals surface area (Å²) in [7, 11) is 0. The smallest absolute Gasteiger partial charge is 0.410 e. The SMILES string of the molecule is CCOc1cc(C(=O)N2C3CCCC2COC3)ccc1C(=O)NC[C@@H](O)[C@@H]1Cc2ccc(O)cc2CN1C(=O)OC(C)(C)C. The van der Waals surface area contributed by atoms with E-state index in [1.54, 1.807) is 64.1 Å². The van der Waals surface area contributed by atoms with Crippen LogP contribution < -0.4 is 10.1 Å². The first-order chi connectivity index (χ1) is 20.9. The number of phenols is 1. The summed E-state index contributed by atoms with van der Waals surface area (Å²) in [5.74, 6) is -0.200. The van der Waals surface area contributed by atoms with E-state index in [2.05, 4.69) is 5.32 Å². The minimum Gasteiger partial charge on any atom is -0.508 e. The molecule has 11 nitrogen and oxygen atoms in total. The van der Waals surface area contributed by atoms with Gasteiger partial charge in [0.05, 0.1) is 49.6 Å². The first-order valence-electron chi connectivity index (χ1n) is 15.4. The molecule has 2 unspecified atom stereocenters. The van der Waals surface area contributed by atoms with Crippen LogP contribution in [0.4, 0.5) is 4.79 Å². The Morgan fingerprint density at radius 1 is 1.07 bits per heavy atom. The Morgan fingerprint density at radius 3 is 2.48 bits per heavy atom. The van der Waals surface area contributed by atoms with Crippen molar-refractivity contribution in [3.05, 3.63) is 58.7 Å². The van der Waals surface area contributed by atoms with Crippen molar-refractivity contribution in [1.29, 1.82) is 0 Å². The first-order valence-corrected chi connectivity index (χ1v) is 15.4. The van der Waals surface area contributed by atoms with Crippen molar-refractivity contribution in [1.82, 2.24) is 15.1 Å². The molecular weight excluding hydrogens is 566 g/mol. The number of ether oxygens (including phenoxy) is 3. The molecule has 2 saturated heterocycles. The zero-order valence-corrected chi connectivity index (χ0v) is 25.9. The lowest BCUT2D eigenvalue weighted by molar-refractivity contribution is -0.0566. The summed E-state index contributed by atoms with van der Waals surface area (Å²) in [5, 5.41) is 24.0. The highest BCUT2D eigenvalue weighted by Gasteiger charge is 2.39. The van der Waals surface area contributed by atoms with Crippen LogP contribution >= 0.6 is 0 Å². The van der Waals surface area contributed by atoms with E-state index >= 15 is 0 Å². The number of piperidine rings is 1. The van der Waals surface area contributed by atoms with Crippen LogP contribution in [-0.4, -0.2) is 94.1 Å². The molecule has 2 aromatic rings. The Kier molecular flexibility index (Phi) is 9.36. The van der Waals surface area contributed by atoms with Gasteiger partial charge in [0.1, 0.15) is 17.1 Å². The molecule has 0 aromatic heterocycles. The Bertz CT molecular complexity index is 1370. The van der Waals surface area contributed by atoms with Gasteiger partial charge in [-0.2, -0.15) is 0 Å². The van der Waals surface area contributed by atoms with Gasteiger partial charge in [0.25, 0.3) is 11.8 Å². The summed E-state index contributed by atoms with van der Waals surface area (Å²) in [6.07, 6.45) is 1.49. The molecule has 0 spiro atoms. The van der Waals surface area contributed by atoms with Gasteiger partial charge in [-0.1, -0.05) is 6.07 Å². The van der Waals surface area contributed by atoms with E-state index in [1.165, 1.54) is 4.90 Å². The third-order valence-corrected chi connectivity index (χ3v) is 8.39. The van der Waals surface area contributed by atoms with E-state index in [0.29, 0.717) is 31.8 Å². The third kappa shape index (κ3) is 6.94. The average Bonchev–Trinajstić information content (AvgIpc) is 2.97. The number of hydrogen-bond donors (Lipinski definition) is 3. The summed E-state index contributed by atoms with van der Waals surface area (Å²) in [6, 6.07) is 9.19. The van der Waals surface area contributed by atoms with Gasteiger partial charge < -0.3 is 34.6 Å². The van der Waals surface area contributed by atoms with E-state index in [9.17, 15) is 24.6 Å². The lowest BCUT2D eigenvalue weighted by atomic mass is 9.91. The minimum atomic E-state index is -1.12. The van der Waals surface area contributed by atoms with Crippen molar-refractivity contribution in [2.24, 2.45) is 0 Å². The van der Waals surface area contributed by atoms with Gasteiger partial charge in [-0.25, -0.2) is 4.79 Å². The lowest BCUT2D eigenvalue weighted by Crippen LogP contribution is -2.57. The van der Waals surface area contributed by atoms with Gasteiger partial charge in [0.2, 0.25) is 0 Å². The van der Waals surface area contributed by atoms with Crippen molar-refractivity contribution in [3.63, 3.8) is 0 Å². The number of aliphatic hydroxyl groups excluding tert-OH is 1. The van der Waals surface area contributed by atoms with Crippen LogP contribution in [0.25, 0.3) is 0 Å². The quantitative estimate of drug-likeness (QED) is 0.433. The van der Waals surface area contributed by atoms with Gasteiger partial charge in [0, 0.05) is 18.7 Å². The fraction of sp³-hybridized carbons (Fsp3) is 0.545. The molecule has 3 heterocycles. The largest absolute Gasteiger partial charge is 0.508 e. The standard InChI is InChI=1S/C33H43N3O8/c1-5-43-29-15-21(31(40)36-23-7-6-8-24(36)19-42-18-23)10-12-26(29)30(39)34-16-28(38)27-14-20-9-11-25(37)13-22(20)17-35(27)32(41)44-33(2,3)4/h9-13,15,23-24,27-28,37-38H,5-8,14,16-19H2,1-4H3,(H,34,39)/t23?,24?,27-,28+/m0/s1. The topological polar surface area (TPSA) is 138 Å². The van der Waals surface area contributed by atoms with E-state index in [1.807, 2.05) is 4.90 Å². The number of rotatable bonds is 7. The lowest BCUT2D eigenvalue weighted by Gasteiger charge is -2.45. The zero-order chi connectivity index (χ0) is 31.6. The highest BCUT2D eigenvalue weighted by atomic mass is 16.6. The highest BCUT2D eigenvalue weighted by Crippen LogP contribution is 2.32. The van der Waals surface area contributed by atoms with Gasteiger partial charge in [-0.3, -0.25) is 14.5 Å². The number of phenolic OH excluding ortho intramolecular Hbond substituents is 1. The number of morpholine rings is 1. The zero-order valence-electron chi connectivity index (χ0n) is 25.9. The minimum absolute atomic E-state index is 0.0488. The van der Waals surface area contributed by atoms with E-state index in [4.69, 9.17) is 14.2 Å². The van der Waals surface area contributed by atoms with Crippen molar-refractivity contribution >= 4 is 17.9 Å².